The number of aliphatic hydroxyl groups is 4. The van der Waals surface area contributed by atoms with Gasteiger partial charge in [0.05, 0.1) is 13.2 Å². The molecule has 27 heavy (non-hydrogen) atoms. The monoisotopic (exact) mass is 440 g/mol. The van der Waals surface area contributed by atoms with Gasteiger partial charge < -0.3 is 38.1 Å². The van der Waals surface area contributed by atoms with Crippen LogP contribution in [-0.4, -0.2) is 89.5 Å². The third kappa shape index (κ3) is 8.53. The van der Waals surface area contributed by atoms with E-state index in [1.165, 1.54) is 0 Å². The van der Waals surface area contributed by atoms with Crippen LogP contribution in [0.2, 0.25) is 45.8 Å². The topological polar surface area (TPSA) is 118 Å². The molecule has 5 atom stereocenters. The number of aliphatic hydroxyl groups excluding tert-OH is 4. The lowest BCUT2D eigenvalue weighted by molar-refractivity contribution is -0.298. The predicted octanol–water partition coefficient (Wildman–Crippen LogP) is 0.673. The third-order valence-corrected chi connectivity index (χ3v) is 12.6. The zero-order valence-corrected chi connectivity index (χ0v) is 20.4. The van der Waals surface area contributed by atoms with Crippen LogP contribution >= 0.6 is 0 Å². The summed E-state index contributed by atoms with van der Waals surface area (Å²) in [7, 11) is -6.16. The molecule has 0 saturated carbocycles. The molecule has 1 aliphatic rings. The second-order valence-electron chi connectivity index (χ2n) is 8.88. The molecule has 0 aromatic carbocycles. The van der Waals surface area contributed by atoms with Crippen molar-refractivity contribution < 1.29 is 38.1 Å². The molecule has 0 aromatic heterocycles. The first-order chi connectivity index (χ1) is 12.2. The molecule has 0 aliphatic carbocycles. The molecule has 0 amide bonds. The van der Waals surface area contributed by atoms with Crippen molar-refractivity contribution in [2.75, 3.05) is 13.2 Å². The first-order valence-electron chi connectivity index (χ1n) is 9.17. The lowest BCUT2D eigenvalue weighted by Gasteiger charge is -2.39. The molecule has 1 fully saturated rings. The van der Waals surface area contributed by atoms with E-state index in [4.69, 9.17) is 17.7 Å². The van der Waals surface area contributed by atoms with Crippen molar-refractivity contribution >= 4 is 25.2 Å². The summed E-state index contributed by atoms with van der Waals surface area (Å²) in [5, 5.41) is 38.8. The van der Waals surface area contributed by atoms with Gasteiger partial charge in [0.1, 0.15) is 24.4 Å². The normalized spacial score (nSPS) is 30.9. The van der Waals surface area contributed by atoms with E-state index in [9.17, 15) is 20.4 Å². The Morgan fingerprint density at radius 1 is 0.852 bits per heavy atom. The van der Waals surface area contributed by atoms with Crippen LogP contribution < -0.4 is 0 Å². The minimum atomic E-state index is -2.54. The Morgan fingerprint density at radius 3 is 1.81 bits per heavy atom. The first-order valence-corrected chi connectivity index (χ1v) is 18.4. The van der Waals surface area contributed by atoms with E-state index in [-0.39, 0.29) is 6.61 Å². The Bertz CT molecular complexity index is 473. The van der Waals surface area contributed by atoms with Gasteiger partial charge in [0.15, 0.2) is 22.9 Å². The molecule has 0 spiro atoms. The molecule has 11 heteroatoms. The zero-order chi connectivity index (χ0) is 21.0. The van der Waals surface area contributed by atoms with Crippen molar-refractivity contribution in [1.29, 1.82) is 0 Å². The Morgan fingerprint density at radius 2 is 1.37 bits per heavy atom. The number of hydrogen-bond acceptors (Lipinski definition) is 8. The number of rotatable bonds is 9. The second-order valence-corrected chi connectivity index (χ2v) is 21.3. The maximum Gasteiger partial charge on any atom is 0.341 e. The molecule has 1 heterocycles. The first kappa shape index (κ1) is 25.1. The van der Waals surface area contributed by atoms with Crippen LogP contribution in [0, 0.1) is 0 Å². The summed E-state index contributed by atoms with van der Waals surface area (Å²) in [6.07, 6.45) is -4.61. The van der Waals surface area contributed by atoms with Crippen molar-refractivity contribution in [1.82, 2.24) is 0 Å². The smallest absolute Gasteiger partial charge is 0.341 e. The van der Waals surface area contributed by atoms with E-state index >= 15 is 0 Å². The summed E-state index contributed by atoms with van der Waals surface area (Å²) in [5.74, 6) is 0. The van der Waals surface area contributed by atoms with Crippen molar-refractivity contribution in [2.24, 2.45) is 0 Å². The molecule has 0 bridgehead atoms. The minimum Gasteiger partial charge on any atom is -0.434 e. The van der Waals surface area contributed by atoms with Crippen LogP contribution in [0.15, 0.2) is 11.8 Å². The van der Waals surface area contributed by atoms with E-state index in [1.807, 2.05) is 12.2 Å². The van der Waals surface area contributed by atoms with Crippen LogP contribution in [0.3, 0.4) is 0 Å². The molecule has 8 nitrogen and oxygen atoms in total. The standard InChI is InChI=1S/C16H36O8Si3/c1-25(2,3)23-27(7,24-26(4,5)6)10-8-9-21-16-15(20)14(19)13(18)12(11-17)22-16/h8,10,12-20H,9,11H2,1-7H3/t12-,13-,14+,15-,16-/m1/s1. The van der Waals surface area contributed by atoms with Crippen molar-refractivity contribution in [2.45, 2.75) is 76.5 Å². The van der Waals surface area contributed by atoms with Crippen molar-refractivity contribution in [3.8, 4) is 0 Å². The van der Waals surface area contributed by atoms with Crippen LogP contribution in [0.1, 0.15) is 0 Å². The lowest BCUT2D eigenvalue weighted by atomic mass is 9.99. The number of ether oxygens (including phenoxy) is 2. The maximum absolute atomic E-state index is 9.99. The quantitative estimate of drug-likeness (QED) is 0.387. The average molecular weight is 441 g/mol. The van der Waals surface area contributed by atoms with Crippen LogP contribution in [-0.2, 0) is 17.7 Å². The van der Waals surface area contributed by atoms with Crippen LogP contribution in [0.25, 0.3) is 0 Å². The summed E-state index contributed by atoms with van der Waals surface area (Å²) >= 11 is 0. The van der Waals surface area contributed by atoms with Crippen LogP contribution in [0.4, 0.5) is 0 Å². The van der Waals surface area contributed by atoms with E-state index in [0.717, 1.165) is 0 Å². The van der Waals surface area contributed by atoms with Gasteiger partial charge in [-0.25, -0.2) is 0 Å². The van der Waals surface area contributed by atoms with Gasteiger partial charge in [-0.15, -0.1) is 0 Å². The molecule has 0 radical (unpaired) electrons. The van der Waals surface area contributed by atoms with Gasteiger partial charge in [-0.3, -0.25) is 0 Å². The zero-order valence-electron chi connectivity index (χ0n) is 17.4. The van der Waals surface area contributed by atoms with Crippen molar-refractivity contribution in [3.05, 3.63) is 11.8 Å². The van der Waals surface area contributed by atoms with Gasteiger partial charge in [-0.05, 0) is 51.5 Å². The van der Waals surface area contributed by atoms with Crippen LogP contribution in [0.5, 0.6) is 0 Å². The Labute approximate surface area is 165 Å². The SMILES string of the molecule is C[Si](C)(C)O[Si](C)(C=CCO[C@@H]1O[C@H](CO)[C@@H](O)[C@H](O)[C@H]1O)O[Si](C)(C)C. The molecule has 1 rings (SSSR count). The highest BCUT2D eigenvalue weighted by molar-refractivity contribution is 6.89. The molecule has 1 aliphatic heterocycles. The molecule has 0 unspecified atom stereocenters. The average Bonchev–Trinajstić information content (AvgIpc) is 2.47. The van der Waals surface area contributed by atoms with E-state index in [1.54, 1.807) is 6.08 Å². The fourth-order valence-corrected chi connectivity index (χ4v) is 14.3. The third-order valence-electron chi connectivity index (χ3n) is 3.64. The van der Waals surface area contributed by atoms with Gasteiger partial charge in [-0.1, -0.05) is 6.08 Å². The largest absolute Gasteiger partial charge is 0.434 e. The maximum atomic E-state index is 9.99. The summed E-state index contributed by atoms with van der Waals surface area (Å²) in [6, 6.07) is 0. The molecule has 0 aromatic rings. The summed E-state index contributed by atoms with van der Waals surface area (Å²) < 4.78 is 23.5. The van der Waals surface area contributed by atoms with Gasteiger partial charge in [0.2, 0.25) is 0 Å². The summed E-state index contributed by atoms with van der Waals surface area (Å²) in [4.78, 5) is 0. The predicted molar refractivity (Wildman–Crippen MR) is 109 cm³/mol. The fourth-order valence-electron chi connectivity index (χ4n) is 2.92. The second kappa shape index (κ2) is 9.71. The van der Waals surface area contributed by atoms with Gasteiger partial charge in [0.25, 0.3) is 0 Å². The molecular formula is C16H36O8Si3. The lowest BCUT2D eigenvalue weighted by Crippen LogP contribution is -2.59. The number of hydrogen-bond donors (Lipinski definition) is 4. The Hall–Kier alpha value is 0.0706. The Kier molecular flexibility index (Phi) is 9.03. The van der Waals surface area contributed by atoms with E-state index in [0.29, 0.717) is 0 Å². The Balaban J connectivity index is 2.73. The highest BCUT2D eigenvalue weighted by atomic mass is 28.5. The fraction of sp³-hybridized carbons (Fsp3) is 0.875. The van der Waals surface area contributed by atoms with Gasteiger partial charge in [0, 0.05) is 0 Å². The highest BCUT2D eigenvalue weighted by Gasteiger charge is 2.44. The molecule has 1 saturated heterocycles. The minimum absolute atomic E-state index is 0.107. The van der Waals surface area contributed by atoms with Crippen molar-refractivity contribution in [3.63, 3.8) is 0 Å². The molecule has 160 valence electrons. The van der Waals surface area contributed by atoms with E-state index in [2.05, 4.69) is 39.3 Å². The molecular weight excluding hydrogens is 404 g/mol. The van der Waals surface area contributed by atoms with Gasteiger partial charge in [-0.2, -0.15) is 0 Å². The highest BCUT2D eigenvalue weighted by Crippen LogP contribution is 2.23. The van der Waals surface area contributed by atoms with Gasteiger partial charge >= 0.3 is 8.56 Å². The molecule has 4 N–H and O–H groups in total. The summed E-state index contributed by atoms with van der Waals surface area (Å²) in [6.45, 7) is 14.3. The summed E-state index contributed by atoms with van der Waals surface area (Å²) in [5.41, 5.74) is 1.92. The van der Waals surface area contributed by atoms with E-state index < -0.39 is 62.5 Å².